The van der Waals surface area contributed by atoms with Gasteiger partial charge in [0, 0.05) is 40.6 Å². The quantitative estimate of drug-likeness (QED) is 0.542. The number of rotatable bonds is 5. The predicted molar refractivity (Wildman–Crippen MR) is 93.5 cm³/mol. The third-order valence-electron chi connectivity index (χ3n) is 3.59. The van der Waals surface area contributed by atoms with Crippen molar-refractivity contribution in [3.63, 3.8) is 0 Å². The number of nitro groups is 1. The summed E-state index contributed by atoms with van der Waals surface area (Å²) in [5.41, 5.74) is 0.832. The van der Waals surface area contributed by atoms with Gasteiger partial charge in [-0.1, -0.05) is 6.07 Å². The van der Waals surface area contributed by atoms with E-state index in [2.05, 4.69) is 5.32 Å². The third kappa shape index (κ3) is 3.35. The zero-order chi connectivity index (χ0) is 18.0. The van der Waals surface area contributed by atoms with Gasteiger partial charge in [0.05, 0.1) is 16.4 Å². The van der Waals surface area contributed by atoms with E-state index in [4.69, 9.17) is 4.74 Å². The third-order valence-corrected chi connectivity index (χ3v) is 4.79. The van der Waals surface area contributed by atoms with Crippen LogP contribution in [0, 0.1) is 15.9 Å². The Kier molecular flexibility index (Phi) is 4.73. The highest BCUT2D eigenvalue weighted by atomic mass is 32.1. The first-order chi connectivity index (χ1) is 12.0. The maximum absolute atomic E-state index is 14.1. The maximum atomic E-state index is 14.1. The van der Waals surface area contributed by atoms with Gasteiger partial charge in [0.15, 0.2) is 0 Å². The molecular weight excluding hydrogens is 347 g/mol. The number of anilines is 1. The van der Waals surface area contributed by atoms with Gasteiger partial charge >= 0.3 is 0 Å². The number of carbonyl (C=O) groups is 1. The topological polar surface area (TPSA) is 81.5 Å². The molecule has 0 aliphatic carbocycles. The smallest absolute Gasteiger partial charge is 0.269 e. The van der Waals surface area contributed by atoms with Crippen molar-refractivity contribution in [1.82, 2.24) is 0 Å². The Morgan fingerprint density at radius 1 is 1.28 bits per heavy atom. The summed E-state index contributed by atoms with van der Waals surface area (Å²) in [6.07, 6.45) is 0. The van der Waals surface area contributed by atoms with Crippen molar-refractivity contribution in [1.29, 1.82) is 0 Å². The molecule has 0 fully saturated rings. The van der Waals surface area contributed by atoms with Gasteiger partial charge < -0.3 is 10.1 Å². The van der Waals surface area contributed by atoms with Gasteiger partial charge in [0.2, 0.25) is 0 Å². The largest absolute Gasteiger partial charge is 0.380 e. The molecule has 0 spiro atoms. The zero-order valence-corrected chi connectivity index (χ0v) is 13.9. The Bertz CT molecular complexity index is 953. The number of hydrogen-bond donors (Lipinski definition) is 1. The summed E-state index contributed by atoms with van der Waals surface area (Å²) in [4.78, 5) is 23.1. The van der Waals surface area contributed by atoms with E-state index in [1.165, 1.54) is 48.8 Å². The number of benzene rings is 2. The van der Waals surface area contributed by atoms with E-state index in [1.807, 2.05) is 0 Å². The van der Waals surface area contributed by atoms with Crippen molar-refractivity contribution in [2.75, 3.05) is 12.4 Å². The average Bonchev–Trinajstić information content (AvgIpc) is 2.96. The lowest BCUT2D eigenvalue weighted by molar-refractivity contribution is -0.384. The van der Waals surface area contributed by atoms with Gasteiger partial charge in [-0.25, -0.2) is 4.39 Å². The second-order valence-corrected chi connectivity index (χ2v) is 6.27. The van der Waals surface area contributed by atoms with E-state index in [9.17, 15) is 19.3 Å². The Hall–Kier alpha value is -2.84. The molecule has 0 unspecified atom stereocenters. The molecule has 2 aromatic carbocycles. The van der Waals surface area contributed by atoms with Gasteiger partial charge in [0.1, 0.15) is 5.82 Å². The number of nitrogens with one attached hydrogen (secondary N) is 1. The molecule has 0 saturated carbocycles. The van der Waals surface area contributed by atoms with Crippen molar-refractivity contribution in [2.45, 2.75) is 6.61 Å². The lowest BCUT2D eigenvalue weighted by Gasteiger charge is -2.06. The molecule has 1 N–H and O–H groups in total. The van der Waals surface area contributed by atoms with E-state index in [0.29, 0.717) is 26.2 Å². The van der Waals surface area contributed by atoms with Crippen LogP contribution in [0.2, 0.25) is 0 Å². The zero-order valence-electron chi connectivity index (χ0n) is 13.1. The predicted octanol–water partition coefficient (Wildman–Crippen LogP) is 4.35. The lowest BCUT2D eigenvalue weighted by Crippen LogP contribution is -2.12. The van der Waals surface area contributed by atoms with Crippen LogP contribution in [0.25, 0.3) is 10.1 Å². The molecular formula is C17H13FN2O4S. The normalized spacial score (nSPS) is 10.8. The molecule has 128 valence electrons. The number of amides is 1. The fourth-order valence-electron chi connectivity index (χ4n) is 2.49. The fourth-order valence-corrected chi connectivity index (χ4v) is 3.60. The number of non-ortho nitro benzene ring substituents is 1. The van der Waals surface area contributed by atoms with Crippen LogP contribution in [0.15, 0.2) is 42.5 Å². The minimum absolute atomic E-state index is 0.0676. The van der Waals surface area contributed by atoms with Gasteiger partial charge in [-0.3, -0.25) is 14.9 Å². The van der Waals surface area contributed by atoms with E-state index in [0.717, 1.165) is 0 Å². The molecule has 8 heteroatoms. The molecule has 25 heavy (non-hydrogen) atoms. The first-order valence-corrected chi connectivity index (χ1v) is 8.07. The monoisotopic (exact) mass is 360 g/mol. The molecule has 3 aromatic rings. The van der Waals surface area contributed by atoms with Crippen LogP contribution in [0.4, 0.5) is 15.8 Å². The molecule has 0 aliphatic rings. The van der Waals surface area contributed by atoms with E-state index in [-0.39, 0.29) is 12.3 Å². The first kappa shape index (κ1) is 17.0. The number of nitrogens with zero attached hydrogens (tertiary/aromatic N) is 1. The summed E-state index contributed by atoms with van der Waals surface area (Å²) in [6, 6.07) is 10.2. The van der Waals surface area contributed by atoms with Gasteiger partial charge in [0.25, 0.3) is 11.6 Å². The SMILES string of the molecule is COCc1c(C(=O)Nc2ccc([N+](=O)[O-])cc2)sc2cccc(F)c12. The lowest BCUT2D eigenvalue weighted by atomic mass is 10.1. The number of ether oxygens (including phenoxy) is 1. The summed E-state index contributed by atoms with van der Waals surface area (Å²) in [5.74, 6) is -0.823. The van der Waals surface area contributed by atoms with E-state index >= 15 is 0 Å². The molecule has 3 rings (SSSR count). The Morgan fingerprint density at radius 2 is 2.00 bits per heavy atom. The maximum Gasteiger partial charge on any atom is 0.269 e. The molecule has 0 radical (unpaired) electrons. The summed E-state index contributed by atoms with van der Waals surface area (Å²) < 4.78 is 19.9. The van der Waals surface area contributed by atoms with Gasteiger partial charge in [-0.2, -0.15) is 0 Å². The van der Waals surface area contributed by atoms with Crippen molar-refractivity contribution >= 4 is 38.7 Å². The summed E-state index contributed by atoms with van der Waals surface area (Å²) in [6.45, 7) is 0.101. The molecule has 1 heterocycles. The van der Waals surface area contributed by atoms with Crippen molar-refractivity contribution in [2.24, 2.45) is 0 Å². The fraction of sp³-hybridized carbons (Fsp3) is 0.118. The number of nitro benzene ring substituents is 1. The summed E-state index contributed by atoms with van der Waals surface area (Å²) in [7, 11) is 1.47. The van der Waals surface area contributed by atoms with Crippen LogP contribution in [-0.2, 0) is 11.3 Å². The Labute approximate surface area is 146 Å². The summed E-state index contributed by atoms with van der Waals surface area (Å²) >= 11 is 1.17. The van der Waals surface area contributed by atoms with Crippen LogP contribution in [0.3, 0.4) is 0 Å². The molecule has 6 nitrogen and oxygen atoms in total. The number of halogens is 1. The van der Waals surface area contributed by atoms with E-state index in [1.54, 1.807) is 12.1 Å². The molecule has 0 bridgehead atoms. The number of methoxy groups -OCH3 is 1. The number of hydrogen-bond acceptors (Lipinski definition) is 5. The van der Waals surface area contributed by atoms with Gasteiger partial charge in [-0.05, 0) is 24.3 Å². The molecule has 0 saturated heterocycles. The van der Waals surface area contributed by atoms with Crippen LogP contribution >= 0.6 is 11.3 Å². The van der Waals surface area contributed by atoms with Crippen molar-refractivity contribution in [3.8, 4) is 0 Å². The molecule has 0 aliphatic heterocycles. The summed E-state index contributed by atoms with van der Waals surface area (Å²) in [5, 5.41) is 13.7. The molecule has 1 aromatic heterocycles. The highest BCUT2D eigenvalue weighted by Gasteiger charge is 2.21. The minimum Gasteiger partial charge on any atom is -0.380 e. The standard InChI is InChI=1S/C17H13FN2O4S/c1-24-9-12-15-13(18)3-2-4-14(15)25-16(12)17(21)19-10-5-7-11(8-6-10)20(22)23/h2-8H,9H2,1H3,(H,19,21). The van der Waals surface area contributed by atoms with Crippen LogP contribution in [0.5, 0.6) is 0 Å². The second kappa shape index (κ2) is 6.96. The van der Waals surface area contributed by atoms with Gasteiger partial charge in [-0.15, -0.1) is 11.3 Å². The minimum atomic E-state index is -0.517. The van der Waals surface area contributed by atoms with Crippen LogP contribution in [0.1, 0.15) is 15.2 Å². The number of fused-ring (bicyclic) bond motifs is 1. The van der Waals surface area contributed by atoms with Crippen molar-refractivity contribution < 1.29 is 18.8 Å². The molecule has 1 amide bonds. The van der Waals surface area contributed by atoms with Crippen LogP contribution in [-0.4, -0.2) is 17.9 Å². The highest BCUT2D eigenvalue weighted by molar-refractivity contribution is 7.21. The number of carbonyl (C=O) groups excluding carboxylic acids is 1. The molecule has 0 atom stereocenters. The van der Waals surface area contributed by atoms with E-state index < -0.39 is 16.6 Å². The highest BCUT2D eigenvalue weighted by Crippen LogP contribution is 2.34. The average molecular weight is 360 g/mol. The second-order valence-electron chi connectivity index (χ2n) is 5.21. The van der Waals surface area contributed by atoms with Crippen molar-refractivity contribution in [3.05, 3.63) is 68.8 Å². The van der Waals surface area contributed by atoms with Crippen LogP contribution < -0.4 is 5.32 Å². The Balaban J connectivity index is 1.95. The Morgan fingerprint density at radius 3 is 2.64 bits per heavy atom. The number of thiophene rings is 1. The first-order valence-electron chi connectivity index (χ1n) is 7.26.